The quantitative estimate of drug-likeness (QED) is 0.0850. The normalized spacial score (nSPS) is 13.2. The lowest BCUT2D eigenvalue weighted by atomic mass is 9.92. The van der Waals surface area contributed by atoms with E-state index in [0.29, 0.717) is 0 Å². The lowest BCUT2D eigenvalue weighted by Gasteiger charge is -2.13. The van der Waals surface area contributed by atoms with E-state index in [1.54, 1.807) is 0 Å². The van der Waals surface area contributed by atoms with Gasteiger partial charge in [-0.15, -0.1) is 0 Å². The number of hydrogen-bond donors (Lipinski definition) is 0. The Morgan fingerprint density at radius 2 is 1.09 bits per heavy atom. The molecule has 7 aromatic carbocycles. The first-order valence-corrected chi connectivity index (χ1v) is 22.5. The number of aryl methyl sites for hydroxylation is 2. The van der Waals surface area contributed by atoms with Gasteiger partial charge in [0.25, 0.3) is 0 Å². The molecule has 1 aliphatic rings. The number of hydrogen-bond acceptors (Lipinski definition) is 0. The molecule has 0 radical (unpaired) electrons. The summed E-state index contributed by atoms with van der Waals surface area (Å²) < 4.78 is 0. The van der Waals surface area contributed by atoms with Crippen LogP contribution in [0.3, 0.4) is 0 Å². The molecular weight excluding hydrogens is 769 g/mol. The Labute approximate surface area is 383 Å². The largest absolute Gasteiger partial charge is 0.0911 e. The van der Waals surface area contributed by atoms with Gasteiger partial charge in [0.2, 0.25) is 0 Å². The molecule has 0 saturated carbocycles. The van der Waals surface area contributed by atoms with Crippen LogP contribution in [0.4, 0.5) is 0 Å². The van der Waals surface area contributed by atoms with Crippen molar-refractivity contribution in [1.82, 2.24) is 0 Å². The Morgan fingerprint density at radius 1 is 0.516 bits per heavy atom. The van der Waals surface area contributed by atoms with E-state index < -0.39 is 0 Å². The van der Waals surface area contributed by atoms with E-state index in [9.17, 15) is 0 Å². The van der Waals surface area contributed by atoms with E-state index in [-0.39, 0.29) is 0 Å². The maximum Gasteiger partial charge on any atom is -0.00195 e. The van der Waals surface area contributed by atoms with E-state index >= 15 is 0 Å². The van der Waals surface area contributed by atoms with Gasteiger partial charge in [0.1, 0.15) is 0 Å². The summed E-state index contributed by atoms with van der Waals surface area (Å²) >= 11 is 0. The predicted octanol–water partition coefficient (Wildman–Crippen LogP) is 17.7. The van der Waals surface area contributed by atoms with Crippen LogP contribution in [0.2, 0.25) is 0 Å². The molecule has 0 aliphatic heterocycles. The van der Waals surface area contributed by atoms with Crippen LogP contribution in [0.1, 0.15) is 89.2 Å². The third-order valence-corrected chi connectivity index (χ3v) is 11.9. The van der Waals surface area contributed by atoms with Gasteiger partial charge in [-0.3, -0.25) is 0 Å². The first kappa shape index (κ1) is 44.8. The van der Waals surface area contributed by atoms with Crippen LogP contribution in [0.15, 0.2) is 230 Å². The summed E-state index contributed by atoms with van der Waals surface area (Å²) in [5.41, 5.74) is 22.5. The van der Waals surface area contributed by atoms with E-state index in [4.69, 9.17) is 0 Å². The molecule has 0 unspecified atom stereocenters. The summed E-state index contributed by atoms with van der Waals surface area (Å²) in [6, 6.07) is 64.8. The van der Waals surface area contributed by atoms with E-state index in [2.05, 4.69) is 260 Å². The zero-order chi connectivity index (χ0) is 44.7. The van der Waals surface area contributed by atoms with Gasteiger partial charge in [-0.05, 0) is 155 Å². The number of rotatable bonds is 12. The summed E-state index contributed by atoms with van der Waals surface area (Å²) in [5, 5.41) is 0. The predicted molar refractivity (Wildman–Crippen MR) is 281 cm³/mol. The van der Waals surface area contributed by atoms with Crippen LogP contribution in [-0.4, -0.2) is 0 Å². The van der Waals surface area contributed by atoms with Gasteiger partial charge >= 0.3 is 0 Å². The van der Waals surface area contributed by atoms with Gasteiger partial charge in [-0.1, -0.05) is 231 Å². The van der Waals surface area contributed by atoms with Crippen LogP contribution in [0.25, 0.3) is 45.6 Å². The Bertz CT molecular complexity index is 2850. The van der Waals surface area contributed by atoms with Crippen molar-refractivity contribution in [2.24, 2.45) is 0 Å². The maximum absolute atomic E-state index is 4.42. The Morgan fingerprint density at radius 3 is 1.73 bits per heavy atom. The minimum Gasteiger partial charge on any atom is -0.0911 e. The molecule has 0 nitrogen and oxygen atoms in total. The van der Waals surface area contributed by atoms with Crippen LogP contribution >= 0.6 is 0 Å². The second-order valence-electron chi connectivity index (χ2n) is 16.9. The third kappa shape index (κ3) is 12.4. The molecule has 7 aromatic rings. The van der Waals surface area contributed by atoms with Crippen molar-refractivity contribution < 1.29 is 0 Å². The summed E-state index contributed by atoms with van der Waals surface area (Å²) in [5.74, 6) is 0. The molecule has 64 heavy (non-hydrogen) atoms. The molecule has 0 saturated heterocycles. The smallest absolute Gasteiger partial charge is 0.00195 e. The molecule has 0 bridgehead atoms. The average Bonchev–Trinajstić information content (AvgIpc) is 3.34. The molecule has 0 atom stereocenters. The fraction of sp³-hybridized carbons (Fsp3) is 0.125. The second-order valence-corrected chi connectivity index (χ2v) is 16.9. The lowest BCUT2D eigenvalue weighted by molar-refractivity contribution is 0.971. The summed E-state index contributed by atoms with van der Waals surface area (Å²) in [6.07, 6.45) is 18.9. The topological polar surface area (TPSA) is 0 Å². The molecule has 0 fully saturated rings. The van der Waals surface area contributed by atoms with E-state index in [1.165, 1.54) is 90.8 Å². The van der Waals surface area contributed by atoms with Gasteiger partial charge in [0.15, 0.2) is 0 Å². The average molecular weight is 829 g/mol. The van der Waals surface area contributed by atoms with Crippen LogP contribution in [0.5, 0.6) is 0 Å². The van der Waals surface area contributed by atoms with Gasteiger partial charge in [0.05, 0.1) is 0 Å². The first-order valence-electron chi connectivity index (χ1n) is 22.5. The fourth-order valence-corrected chi connectivity index (χ4v) is 8.21. The minimum atomic E-state index is 0.875. The zero-order valence-corrected chi connectivity index (χ0v) is 38.2. The molecule has 0 amide bonds. The van der Waals surface area contributed by atoms with Gasteiger partial charge in [-0.25, -0.2) is 0 Å². The van der Waals surface area contributed by atoms with Crippen molar-refractivity contribution >= 4 is 34.4 Å². The first-order chi connectivity index (χ1) is 31.2. The summed E-state index contributed by atoms with van der Waals surface area (Å²) in [4.78, 5) is 0. The van der Waals surface area contributed by atoms with E-state index in [0.717, 1.165) is 28.7 Å². The van der Waals surface area contributed by atoms with Crippen molar-refractivity contribution in [2.45, 2.75) is 53.9 Å². The monoisotopic (exact) mass is 828 g/mol. The highest BCUT2D eigenvalue weighted by Gasteiger charge is 2.09. The van der Waals surface area contributed by atoms with Crippen LogP contribution in [-0.2, 0) is 6.42 Å². The number of allylic oxidation sites excluding steroid dienone is 11. The fourth-order valence-electron chi connectivity index (χ4n) is 8.21. The van der Waals surface area contributed by atoms with Gasteiger partial charge in [-0.2, -0.15) is 0 Å². The number of benzene rings is 7. The maximum atomic E-state index is 4.42. The molecule has 8 rings (SSSR count). The third-order valence-electron chi connectivity index (χ3n) is 11.9. The Hall–Kier alpha value is -7.28. The zero-order valence-electron chi connectivity index (χ0n) is 38.2. The van der Waals surface area contributed by atoms with Crippen molar-refractivity contribution in [1.29, 1.82) is 0 Å². The molecular formula is C64H60. The summed E-state index contributed by atoms with van der Waals surface area (Å²) in [7, 11) is 0. The highest BCUT2D eigenvalue weighted by atomic mass is 14.1. The molecule has 0 heterocycles. The molecule has 1 aliphatic carbocycles. The Balaban J connectivity index is 0.000000321. The molecule has 0 heteroatoms. The Kier molecular flexibility index (Phi) is 15.5. The van der Waals surface area contributed by atoms with Crippen molar-refractivity contribution in [3.63, 3.8) is 0 Å². The minimum absolute atomic E-state index is 0.875. The molecule has 0 N–H and O–H groups in total. The van der Waals surface area contributed by atoms with Crippen LogP contribution in [0, 0.1) is 13.8 Å². The molecule has 0 spiro atoms. The molecule has 0 aromatic heterocycles. The SMILES string of the molecule is C/C(=C\c1ccccc1C)C1=CC=CCC1.C=C(/C=C(\C=C(/C)c1ccccc1)c1ccc(-c2cc(C)cc(Cc3ccccc3/C=C(\C)c3ccccc3)c2)cc1)c1ccccc1. The van der Waals surface area contributed by atoms with Crippen molar-refractivity contribution in [3.05, 3.63) is 286 Å². The lowest BCUT2D eigenvalue weighted by Crippen LogP contribution is -1.94. The second kappa shape index (κ2) is 22.2. The van der Waals surface area contributed by atoms with Crippen molar-refractivity contribution in [2.75, 3.05) is 0 Å². The highest BCUT2D eigenvalue weighted by molar-refractivity contribution is 5.91. The summed E-state index contributed by atoms with van der Waals surface area (Å²) in [6.45, 7) is 15.3. The standard InChI is InChI=1S/C48H42.C16H18/c1-35-28-39(33-46-23-15-14-22-45(46)30-36(2)40-16-8-5-9-17-40)34-47(29-35)43-24-26-44(27-25-43)48(31-37(3)41-18-10-6-11-19-41)32-38(4)42-20-12-7-13-21-42;1-13-8-6-7-11-16(13)12-14(2)15-9-4-3-5-10-15/h5-32,34H,3,33H2,1-2,4H3;3-4,6-9,11-12H,5,10H2,1-2H3/b36-30+,38-32+,48-31+;14-12+. The van der Waals surface area contributed by atoms with Gasteiger partial charge < -0.3 is 0 Å². The van der Waals surface area contributed by atoms with Crippen LogP contribution < -0.4 is 0 Å². The van der Waals surface area contributed by atoms with E-state index in [1.807, 2.05) is 6.07 Å². The van der Waals surface area contributed by atoms with Gasteiger partial charge in [0, 0.05) is 0 Å². The van der Waals surface area contributed by atoms with Crippen molar-refractivity contribution in [3.8, 4) is 11.1 Å². The highest BCUT2D eigenvalue weighted by Crippen LogP contribution is 2.31. The molecule has 316 valence electrons.